The number of methoxy groups -OCH3 is 1. The first-order valence-corrected chi connectivity index (χ1v) is 20.0. The van der Waals surface area contributed by atoms with Crippen LogP contribution in [0.25, 0.3) is 0 Å². The fourth-order valence-corrected chi connectivity index (χ4v) is 9.98. The van der Waals surface area contributed by atoms with Gasteiger partial charge < -0.3 is 28.0 Å². The Hall–Kier alpha value is -4.52. The summed E-state index contributed by atoms with van der Waals surface area (Å²) < 4.78 is 39.2. The van der Waals surface area contributed by atoms with E-state index in [2.05, 4.69) is 0 Å². The first-order valence-electron chi connectivity index (χ1n) is 17.5. The molecule has 4 aromatic rings. The van der Waals surface area contributed by atoms with E-state index < -0.39 is 58.9 Å². The highest BCUT2D eigenvalue weighted by Gasteiger charge is 2.53. The Bertz CT molecular complexity index is 1870. The zero-order valence-corrected chi connectivity index (χ0v) is 31.0. The maximum atomic E-state index is 13.9. The SMILES string of the molecule is CO[C@H]1O[C@H](COP(c2ccccc2)c2ccccc2)[C@@H](OP(c2ccccc2)c2ccccc2)[C@H](OC(=O)C2=CC=CC2)[C@H]1OC(=O)C1=CC=CC1. The van der Waals surface area contributed by atoms with Gasteiger partial charge in [0.2, 0.25) is 0 Å². The molecule has 0 aromatic heterocycles. The Balaban J connectivity index is 1.29. The topological polar surface area (TPSA) is 89.5 Å². The maximum absolute atomic E-state index is 13.9. The lowest BCUT2D eigenvalue weighted by Crippen LogP contribution is -2.62. The first-order chi connectivity index (χ1) is 26.1. The quantitative estimate of drug-likeness (QED) is 0.108. The molecule has 1 heterocycles. The third kappa shape index (κ3) is 9.00. The van der Waals surface area contributed by atoms with Crippen LogP contribution in [-0.2, 0) is 37.6 Å². The molecule has 1 saturated heterocycles. The van der Waals surface area contributed by atoms with Crippen molar-refractivity contribution in [2.45, 2.75) is 43.5 Å². The van der Waals surface area contributed by atoms with Gasteiger partial charge in [0.05, 0.1) is 22.9 Å². The predicted molar refractivity (Wildman–Crippen MR) is 208 cm³/mol. The van der Waals surface area contributed by atoms with Crippen molar-refractivity contribution in [1.82, 2.24) is 0 Å². The van der Waals surface area contributed by atoms with Crippen LogP contribution >= 0.6 is 16.3 Å². The molecule has 0 N–H and O–H groups in total. The molecule has 4 aromatic carbocycles. The van der Waals surface area contributed by atoms with Gasteiger partial charge in [0.1, 0.15) is 12.2 Å². The van der Waals surface area contributed by atoms with Gasteiger partial charge in [-0.3, -0.25) is 0 Å². The minimum atomic E-state index is -1.49. The second kappa shape index (κ2) is 18.0. The molecule has 0 bridgehead atoms. The van der Waals surface area contributed by atoms with Gasteiger partial charge in [-0.15, -0.1) is 0 Å². The van der Waals surface area contributed by atoms with Crippen LogP contribution < -0.4 is 21.2 Å². The van der Waals surface area contributed by atoms with Gasteiger partial charge in [-0.05, 0) is 12.8 Å². The molecule has 0 saturated carbocycles. The van der Waals surface area contributed by atoms with Crippen LogP contribution in [0.5, 0.6) is 0 Å². The van der Waals surface area contributed by atoms with Crippen molar-refractivity contribution < 1.29 is 37.6 Å². The number of allylic oxidation sites excluding steroid dienone is 6. The van der Waals surface area contributed by atoms with Gasteiger partial charge in [-0.2, -0.15) is 0 Å². The van der Waals surface area contributed by atoms with E-state index in [1.807, 2.05) is 146 Å². The van der Waals surface area contributed by atoms with Gasteiger partial charge in [0.15, 0.2) is 18.5 Å². The number of hydrogen-bond donors (Lipinski definition) is 0. The van der Waals surface area contributed by atoms with Gasteiger partial charge in [-0.1, -0.05) is 158 Å². The summed E-state index contributed by atoms with van der Waals surface area (Å²) in [5.41, 5.74) is 0.956. The summed E-state index contributed by atoms with van der Waals surface area (Å²) in [4.78, 5) is 27.4. The second-order valence-corrected chi connectivity index (χ2v) is 16.2. The molecule has 0 amide bonds. The lowest BCUT2D eigenvalue weighted by atomic mass is 9.98. The number of benzene rings is 4. The molecule has 0 spiro atoms. The summed E-state index contributed by atoms with van der Waals surface area (Å²) in [6.45, 7) is 0.0564. The van der Waals surface area contributed by atoms with E-state index in [0.29, 0.717) is 24.0 Å². The van der Waals surface area contributed by atoms with Crippen LogP contribution in [-0.4, -0.2) is 56.4 Å². The molecule has 8 nitrogen and oxygen atoms in total. The van der Waals surface area contributed by atoms with Gasteiger partial charge in [0.25, 0.3) is 0 Å². The number of carbonyl (C=O) groups excluding carboxylic acids is 2. The number of carbonyl (C=O) groups is 2. The van der Waals surface area contributed by atoms with Crippen molar-refractivity contribution in [3.63, 3.8) is 0 Å². The summed E-state index contributed by atoms with van der Waals surface area (Å²) in [6.07, 6.45) is 6.53. The molecular formula is C43H40O8P2. The molecule has 1 fully saturated rings. The van der Waals surface area contributed by atoms with Crippen LogP contribution in [0.15, 0.2) is 169 Å². The monoisotopic (exact) mass is 746 g/mol. The van der Waals surface area contributed by atoms with Crippen molar-refractivity contribution >= 4 is 49.5 Å². The van der Waals surface area contributed by atoms with Gasteiger partial charge in [0, 0.05) is 39.5 Å². The second-order valence-electron chi connectivity index (χ2n) is 12.5. The third-order valence-corrected chi connectivity index (χ3v) is 12.9. The Morgan fingerprint density at radius 1 is 0.604 bits per heavy atom. The van der Waals surface area contributed by atoms with Crippen LogP contribution in [0.4, 0.5) is 0 Å². The largest absolute Gasteiger partial charge is 0.452 e. The van der Waals surface area contributed by atoms with Gasteiger partial charge in [-0.25, -0.2) is 9.59 Å². The third-order valence-electron chi connectivity index (χ3n) is 8.93. The van der Waals surface area contributed by atoms with Crippen molar-refractivity contribution in [3.05, 3.63) is 169 Å². The van der Waals surface area contributed by atoms with Gasteiger partial charge >= 0.3 is 11.9 Å². The first kappa shape index (κ1) is 36.8. The lowest BCUT2D eigenvalue weighted by Gasteiger charge is -2.45. The number of rotatable bonds is 14. The van der Waals surface area contributed by atoms with Crippen molar-refractivity contribution in [3.8, 4) is 0 Å². The summed E-state index contributed by atoms with van der Waals surface area (Å²) in [5.74, 6) is -1.08. The summed E-state index contributed by atoms with van der Waals surface area (Å²) in [7, 11) is -1.30. The zero-order valence-electron chi connectivity index (χ0n) is 29.2. The fraction of sp³-hybridized carbons (Fsp3) is 0.209. The molecule has 3 aliphatic rings. The average Bonchev–Trinajstić information content (AvgIpc) is 3.96. The minimum absolute atomic E-state index is 0.0564. The van der Waals surface area contributed by atoms with Crippen molar-refractivity contribution in [2.75, 3.05) is 13.7 Å². The Morgan fingerprint density at radius 3 is 1.45 bits per heavy atom. The molecule has 10 heteroatoms. The molecule has 1 aliphatic heterocycles. The average molecular weight is 747 g/mol. The van der Waals surface area contributed by atoms with E-state index in [9.17, 15) is 9.59 Å². The summed E-state index contributed by atoms with van der Waals surface area (Å²) in [6, 6.07) is 39.9. The minimum Gasteiger partial charge on any atom is -0.452 e. The van der Waals surface area contributed by atoms with E-state index in [1.165, 1.54) is 7.11 Å². The predicted octanol–water partition coefficient (Wildman–Crippen LogP) is 6.45. The summed E-state index contributed by atoms with van der Waals surface area (Å²) in [5, 5.41) is 3.94. The fourth-order valence-electron chi connectivity index (χ4n) is 6.28. The zero-order chi connectivity index (χ0) is 36.4. The normalized spacial score (nSPS) is 22.1. The van der Waals surface area contributed by atoms with Crippen LogP contribution in [0.1, 0.15) is 12.8 Å². The lowest BCUT2D eigenvalue weighted by molar-refractivity contribution is -0.293. The molecule has 5 atom stereocenters. The smallest absolute Gasteiger partial charge is 0.334 e. The van der Waals surface area contributed by atoms with Crippen LogP contribution in [0.3, 0.4) is 0 Å². The molecular weight excluding hydrogens is 706 g/mol. The van der Waals surface area contributed by atoms with Crippen molar-refractivity contribution in [1.29, 1.82) is 0 Å². The number of esters is 2. The Labute approximate surface area is 312 Å². The van der Waals surface area contributed by atoms with E-state index in [0.717, 1.165) is 21.2 Å². The molecule has 7 rings (SSSR count). The number of ether oxygens (including phenoxy) is 4. The van der Waals surface area contributed by atoms with Crippen LogP contribution in [0.2, 0.25) is 0 Å². The van der Waals surface area contributed by atoms with Crippen LogP contribution in [0, 0.1) is 0 Å². The van der Waals surface area contributed by atoms with E-state index >= 15 is 0 Å². The van der Waals surface area contributed by atoms with E-state index in [-0.39, 0.29) is 6.61 Å². The highest BCUT2D eigenvalue weighted by molar-refractivity contribution is 7.68. The van der Waals surface area contributed by atoms with E-state index in [1.54, 1.807) is 12.2 Å². The molecule has 2 aliphatic carbocycles. The Kier molecular flexibility index (Phi) is 12.5. The van der Waals surface area contributed by atoms with E-state index in [4.69, 9.17) is 28.0 Å². The van der Waals surface area contributed by atoms with Crippen molar-refractivity contribution in [2.24, 2.45) is 0 Å². The highest BCUT2D eigenvalue weighted by Crippen LogP contribution is 2.43. The summed E-state index contributed by atoms with van der Waals surface area (Å²) >= 11 is 0. The molecule has 0 unspecified atom stereocenters. The molecule has 270 valence electrons. The standard InChI is InChI=1S/C43H40O8P2/c1-46-43-40(50-42(45)32-20-16-17-21-32)39(49-41(44)31-18-14-15-19-31)38(51-53(35-26-10-4-11-27-35)36-28-12-5-13-29-36)37(48-43)30-47-52(33-22-6-2-7-23-33)34-24-8-3-9-25-34/h2-18,20,22-29,37-40,43H,19,21,30H2,1H3/t37-,38-,39+,40-,43+/m1/s1. The molecule has 0 radical (unpaired) electrons. The highest BCUT2D eigenvalue weighted by atomic mass is 31.1. The Morgan fingerprint density at radius 2 is 1.04 bits per heavy atom. The molecule has 53 heavy (non-hydrogen) atoms. The number of hydrogen-bond acceptors (Lipinski definition) is 8. The maximum Gasteiger partial charge on any atom is 0.334 e.